The number of ether oxygens (including phenoxy) is 1. The van der Waals surface area contributed by atoms with Crippen molar-refractivity contribution in [3.8, 4) is 44.5 Å². The first-order valence-corrected chi connectivity index (χ1v) is 24.2. The first kappa shape index (κ1) is 44.0. The van der Waals surface area contributed by atoms with E-state index in [9.17, 15) is 15.0 Å². The Labute approximate surface area is 397 Å². The number of aromatic hydroxyl groups is 2. The Morgan fingerprint density at radius 1 is 0.881 bits per heavy atom. The average molecular weight is 927 g/mol. The highest BCUT2D eigenvalue weighted by atomic mass is 32.1. The fourth-order valence-corrected chi connectivity index (χ4v) is 12.0. The summed E-state index contributed by atoms with van der Waals surface area (Å²) in [6, 6.07) is 27.9. The number of oxazole rings is 1. The minimum Gasteiger partial charge on any atom is -0.508 e. The van der Waals surface area contributed by atoms with Gasteiger partial charge in [0.25, 0.3) is 0 Å². The number of nitrogens with zero attached hydrogens (tertiary/aromatic N) is 6. The number of hydrogen-bond donors (Lipinski definition) is 2. The molecule has 1 saturated heterocycles. The number of ketones is 1. The topological polar surface area (TPSA) is 139 Å². The maximum atomic E-state index is 14.0. The molecule has 0 radical (unpaired) electrons. The molecule has 11 nitrogen and oxygen atoms in total. The van der Waals surface area contributed by atoms with Gasteiger partial charge >= 0.3 is 0 Å². The largest absolute Gasteiger partial charge is 0.508 e. The van der Waals surface area contributed by atoms with Crippen molar-refractivity contribution >= 4 is 44.3 Å². The molecular weight excluding hydrogens is 877 g/mol. The number of rotatable bonds is 8. The van der Waals surface area contributed by atoms with E-state index in [1.807, 2.05) is 43.3 Å². The van der Waals surface area contributed by atoms with Gasteiger partial charge in [0.1, 0.15) is 47.5 Å². The number of carbonyl (C=O) groups is 1. The van der Waals surface area contributed by atoms with Crippen LogP contribution in [0, 0.1) is 50.9 Å². The SMILES string of the molecule is Cc1ncco1.Cc1sc2c(c1C)C(c1ccc(C#CC3CC4(CCN(CCOc5ccc(C(=O)c6c(-c7ccc(O)cc7)sc7cc(O)ccc67)cc5)CC4)C3)cc1)=NCc1nnc(C)n1-2. The van der Waals surface area contributed by atoms with Crippen molar-refractivity contribution in [1.82, 2.24) is 24.6 Å². The monoisotopic (exact) mass is 926 g/mol. The van der Waals surface area contributed by atoms with Crippen LogP contribution in [0.15, 0.2) is 113 Å². The first-order chi connectivity index (χ1) is 32.5. The van der Waals surface area contributed by atoms with Gasteiger partial charge in [0, 0.05) is 67.0 Å². The molecule has 1 spiro atoms. The van der Waals surface area contributed by atoms with E-state index in [-0.39, 0.29) is 17.3 Å². The molecule has 2 N–H and O–H groups in total. The van der Waals surface area contributed by atoms with Gasteiger partial charge in [-0.15, -0.1) is 32.9 Å². The van der Waals surface area contributed by atoms with Gasteiger partial charge < -0.3 is 19.4 Å². The second-order valence-electron chi connectivity index (χ2n) is 17.7. The number of phenols is 2. The van der Waals surface area contributed by atoms with Crippen LogP contribution < -0.4 is 4.74 Å². The predicted octanol–water partition coefficient (Wildman–Crippen LogP) is 11.0. The van der Waals surface area contributed by atoms with Crippen molar-refractivity contribution in [2.75, 3.05) is 26.2 Å². The summed E-state index contributed by atoms with van der Waals surface area (Å²) in [5.41, 5.74) is 7.99. The van der Waals surface area contributed by atoms with Crippen LogP contribution >= 0.6 is 22.7 Å². The molecule has 11 rings (SSSR count). The van der Waals surface area contributed by atoms with E-state index in [1.54, 1.807) is 61.1 Å². The molecule has 4 aromatic carbocycles. The van der Waals surface area contributed by atoms with Crippen LogP contribution in [0.3, 0.4) is 0 Å². The summed E-state index contributed by atoms with van der Waals surface area (Å²) in [6.45, 7) is 12.2. The van der Waals surface area contributed by atoms with Crippen LogP contribution in [-0.2, 0) is 6.54 Å². The highest BCUT2D eigenvalue weighted by Gasteiger charge is 2.45. The van der Waals surface area contributed by atoms with Crippen molar-refractivity contribution in [2.24, 2.45) is 16.3 Å². The Balaban J connectivity index is 0.000000813. The average Bonchev–Trinajstić information content (AvgIpc) is 4.10. The molecular formula is C54H50N6O5S2. The zero-order chi connectivity index (χ0) is 46.2. The molecule has 3 aliphatic rings. The van der Waals surface area contributed by atoms with Crippen LogP contribution in [0.1, 0.15) is 86.3 Å². The van der Waals surface area contributed by atoms with Crippen molar-refractivity contribution in [1.29, 1.82) is 0 Å². The smallest absolute Gasteiger partial charge is 0.195 e. The minimum absolute atomic E-state index is 0.0979. The fraction of sp³-hybridized carbons (Fsp3) is 0.278. The van der Waals surface area contributed by atoms with Gasteiger partial charge in [0.2, 0.25) is 0 Å². The molecule has 2 fully saturated rings. The fourth-order valence-electron chi connectivity index (χ4n) is 9.49. The number of benzene rings is 4. The number of fused-ring (bicyclic) bond motifs is 4. The predicted molar refractivity (Wildman–Crippen MR) is 264 cm³/mol. The highest BCUT2D eigenvalue weighted by Crippen LogP contribution is 2.52. The second kappa shape index (κ2) is 18.4. The number of aromatic nitrogens is 4. The Kier molecular flexibility index (Phi) is 12.1. The summed E-state index contributed by atoms with van der Waals surface area (Å²) in [7, 11) is 0. The molecule has 2 aliphatic heterocycles. The normalized spacial score (nSPS) is 15.3. The number of phenolic OH excluding ortho intramolecular Hbond substituents is 2. The van der Waals surface area contributed by atoms with E-state index < -0.39 is 0 Å². The number of hydrogen-bond acceptors (Lipinski definition) is 12. The molecule has 0 unspecified atom stereocenters. The summed E-state index contributed by atoms with van der Waals surface area (Å²) in [6.07, 6.45) is 7.91. The molecule has 8 aromatic rings. The quantitative estimate of drug-likeness (QED) is 0.113. The summed E-state index contributed by atoms with van der Waals surface area (Å²) >= 11 is 3.23. The van der Waals surface area contributed by atoms with Crippen molar-refractivity contribution in [2.45, 2.75) is 59.9 Å². The second-order valence-corrected chi connectivity index (χ2v) is 20.0. The third kappa shape index (κ3) is 9.04. The lowest BCUT2D eigenvalue weighted by Crippen LogP contribution is -2.47. The lowest BCUT2D eigenvalue weighted by molar-refractivity contribution is 0.00471. The summed E-state index contributed by atoms with van der Waals surface area (Å²) in [5, 5.41) is 30.6. The third-order valence-electron chi connectivity index (χ3n) is 13.3. The highest BCUT2D eigenvalue weighted by molar-refractivity contribution is 7.22. The maximum absolute atomic E-state index is 14.0. The van der Waals surface area contributed by atoms with Crippen molar-refractivity contribution in [3.05, 3.63) is 159 Å². The number of piperidine rings is 1. The van der Waals surface area contributed by atoms with Crippen LogP contribution in [0.4, 0.5) is 0 Å². The van der Waals surface area contributed by atoms with Gasteiger partial charge in [0.15, 0.2) is 17.5 Å². The Hall–Kier alpha value is -6.85. The lowest BCUT2D eigenvalue weighted by Gasteiger charge is -2.51. The lowest BCUT2D eigenvalue weighted by atomic mass is 9.58. The van der Waals surface area contributed by atoms with Gasteiger partial charge in [-0.05, 0) is 155 Å². The zero-order valence-corrected chi connectivity index (χ0v) is 39.5. The number of likely N-dealkylation sites (tertiary alicyclic amines) is 1. The van der Waals surface area contributed by atoms with Crippen molar-refractivity contribution in [3.63, 3.8) is 0 Å². The van der Waals surface area contributed by atoms with E-state index in [0.717, 1.165) is 85.3 Å². The van der Waals surface area contributed by atoms with Gasteiger partial charge in [-0.2, -0.15) is 0 Å². The molecule has 0 amide bonds. The van der Waals surface area contributed by atoms with Gasteiger partial charge in [0.05, 0.1) is 11.9 Å². The van der Waals surface area contributed by atoms with E-state index in [0.29, 0.717) is 35.6 Å². The summed E-state index contributed by atoms with van der Waals surface area (Å²) < 4.78 is 13.9. The van der Waals surface area contributed by atoms with E-state index in [2.05, 4.69) is 74.6 Å². The molecule has 1 saturated carbocycles. The molecule has 67 heavy (non-hydrogen) atoms. The number of thiophene rings is 2. The standard InChI is InChI=1S/C50H45N5O4S2.C4H5NO/c1-30-31(2)60-49-44(30)46(51-29-43-53-52-32(3)55(43)49)35-8-6-33(7-9-35)4-5-34-27-50(28-34)20-22-54(23-21-50)24-25-59-40-17-12-36(13-18-40)47(58)45-41-19-16-39(57)26-42(41)61-48(45)37-10-14-38(56)15-11-37;1-4-5-2-3-6-4/h6-19,26,34,56-57H,20-25,27-29H2,1-3H3;2-3H,1H3. The molecule has 4 aromatic heterocycles. The zero-order valence-electron chi connectivity index (χ0n) is 37.9. The van der Waals surface area contributed by atoms with E-state index in [1.165, 1.54) is 53.0 Å². The van der Waals surface area contributed by atoms with Gasteiger partial charge in [-0.25, -0.2) is 4.98 Å². The van der Waals surface area contributed by atoms with Crippen molar-refractivity contribution < 1.29 is 24.2 Å². The first-order valence-electron chi connectivity index (χ1n) is 22.6. The van der Waals surface area contributed by atoms with Crippen LogP contribution in [0.25, 0.3) is 25.5 Å². The van der Waals surface area contributed by atoms with E-state index in [4.69, 9.17) is 14.1 Å². The van der Waals surface area contributed by atoms with Gasteiger partial charge in [-0.1, -0.05) is 24.0 Å². The number of carbonyl (C=O) groups excluding carboxylic acids is 1. The van der Waals surface area contributed by atoms with Crippen LogP contribution in [0.2, 0.25) is 0 Å². The van der Waals surface area contributed by atoms with Crippen LogP contribution in [0.5, 0.6) is 17.2 Å². The minimum atomic E-state index is -0.0979. The Bertz CT molecular complexity index is 3170. The third-order valence-corrected chi connectivity index (χ3v) is 15.7. The van der Waals surface area contributed by atoms with Gasteiger partial charge in [-0.3, -0.25) is 19.3 Å². The molecule has 1 aliphatic carbocycles. The number of aryl methyl sites for hydroxylation is 3. The maximum Gasteiger partial charge on any atom is 0.195 e. The Morgan fingerprint density at radius 2 is 1.61 bits per heavy atom. The Morgan fingerprint density at radius 3 is 2.31 bits per heavy atom. The molecule has 0 bridgehead atoms. The molecule has 0 atom stereocenters. The van der Waals surface area contributed by atoms with E-state index >= 15 is 0 Å². The number of aliphatic imine (C=N–C) groups is 1. The molecule has 338 valence electrons. The van der Waals surface area contributed by atoms with Crippen LogP contribution in [-0.4, -0.2) is 72.6 Å². The molecule has 6 heterocycles. The molecule has 13 heteroatoms. The summed E-state index contributed by atoms with van der Waals surface area (Å²) in [4.78, 5) is 27.4. The summed E-state index contributed by atoms with van der Waals surface area (Å²) in [5.74, 6) is 11.0.